The standard InChI is InChI=1S/C12H15Cl2NO2/c1-3-15(4-2)11(12(16)17)10-8(13)6-5-7-9(10)14/h5-7,11H,3-4H2,1-2H3,(H,16,17). The first-order valence-corrected chi connectivity index (χ1v) is 6.19. The Morgan fingerprint density at radius 3 is 2.12 bits per heavy atom. The topological polar surface area (TPSA) is 40.5 Å². The molecular formula is C12H15Cl2NO2. The molecule has 1 aromatic carbocycles. The molecule has 1 atom stereocenters. The SMILES string of the molecule is CCN(CC)C(C(=O)O)c1c(Cl)cccc1Cl. The van der Waals surface area contributed by atoms with Crippen molar-refractivity contribution in [2.75, 3.05) is 13.1 Å². The lowest BCUT2D eigenvalue weighted by Gasteiger charge is -2.27. The summed E-state index contributed by atoms with van der Waals surface area (Å²) in [5.74, 6) is -0.941. The number of hydrogen-bond donors (Lipinski definition) is 1. The summed E-state index contributed by atoms with van der Waals surface area (Å²) in [6.07, 6.45) is 0. The van der Waals surface area contributed by atoms with Gasteiger partial charge in [-0.15, -0.1) is 0 Å². The molecule has 0 bridgehead atoms. The summed E-state index contributed by atoms with van der Waals surface area (Å²) in [4.78, 5) is 13.2. The first-order chi connectivity index (χ1) is 8.02. The molecule has 0 aliphatic carbocycles. The second kappa shape index (κ2) is 6.24. The quantitative estimate of drug-likeness (QED) is 0.895. The Bertz CT molecular complexity index is 385. The van der Waals surface area contributed by atoms with E-state index in [1.807, 2.05) is 13.8 Å². The molecule has 0 radical (unpaired) electrons. The van der Waals surface area contributed by atoms with E-state index in [1.54, 1.807) is 23.1 Å². The summed E-state index contributed by atoms with van der Waals surface area (Å²) >= 11 is 12.1. The van der Waals surface area contributed by atoms with Crippen LogP contribution in [0.25, 0.3) is 0 Å². The van der Waals surface area contributed by atoms with Gasteiger partial charge in [-0.05, 0) is 25.2 Å². The fourth-order valence-electron chi connectivity index (χ4n) is 1.82. The minimum atomic E-state index is -0.941. The van der Waals surface area contributed by atoms with Gasteiger partial charge >= 0.3 is 5.97 Å². The molecule has 3 nitrogen and oxygen atoms in total. The summed E-state index contributed by atoms with van der Waals surface area (Å²) in [6.45, 7) is 5.05. The molecule has 0 saturated carbocycles. The fourth-order valence-corrected chi connectivity index (χ4v) is 2.43. The summed E-state index contributed by atoms with van der Waals surface area (Å²) in [6, 6.07) is 4.21. The maximum Gasteiger partial charge on any atom is 0.325 e. The minimum absolute atomic E-state index is 0.386. The lowest BCUT2D eigenvalue weighted by molar-refractivity contribution is -0.143. The Hall–Kier alpha value is -0.770. The number of aliphatic carboxylic acids is 1. The van der Waals surface area contributed by atoms with Crippen LogP contribution in [0.3, 0.4) is 0 Å². The van der Waals surface area contributed by atoms with Crippen molar-refractivity contribution in [1.29, 1.82) is 0 Å². The van der Waals surface area contributed by atoms with Gasteiger partial charge in [0.25, 0.3) is 0 Å². The zero-order valence-electron chi connectivity index (χ0n) is 9.78. The van der Waals surface area contributed by atoms with Gasteiger partial charge in [-0.3, -0.25) is 9.69 Å². The van der Waals surface area contributed by atoms with E-state index in [9.17, 15) is 9.90 Å². The largest absolute Gasteiger partial charge is 0.480 e. The van der Waals surface area contributed by atoms with Crippen molar-refractivity contribution in [3.63, 3.8) is 0 Å². The molecule has 0 aliphatic heterocycles. The molecule has 1 rings (SSSR count). The molecule has 1 unspecified atom stereocenters. The van der Waals surface area contributed by atoms with Crippen molar-refractivity contribution < 1.29 is 9.90 Å². The molecule has 1 aromatic rings. The molecule has 1 N–H and O–H groups in total. The number of hydrogen-bond acceptors (Lipinski definition) is 2. The molecule has 0 spiro atoms. The number of carboxylic acid groups (broad SMARTS) is 1. The maximum atomic E-state index is 11.4. The number of benzene rings is 1. The third kappa shape index (κ3) is 3.12. The average molecular weight is 276 g/mol. The highest BCUT2D eigenvalue weighted by Gasteiger charge is 2.29. The second-order valence-corrected chi connectivity index (χ2v) is 4.41. The van der Waals surface area contributed by atoms with E-state index in [2.05, 4.69) is 0 Å². The van der Waals surface area contributed by atoms with Gasteiger partial charge in [-0.25, -0.2) is 0 Å². The molecule has 0 fully saturated rings. The van der Waals surface area contributed by atoms with E-state index in [-0.39, 0.29) is 0 Å². The summed E-state index contributed by atoms with van der Waals surface area (Å²) in [5.41, 5.74) is 0.465. The predicted octanol–water partition coefficient (Wildman–Crippen LogP) is 3.46. The van der Waals surface area contributed by atoms with Gasteiger partial charge in [0.15, 0.2) is 0 Å². The fraction of sp³-hybridized carbons (Fsp3) is 0.417. The lowest BCUT2D eigenvalue weighted by atomic mass is 10.1. The minimum Gasteiger partial charge on any atom is -0.480 e. The molecule has 94 valence electrons. The summed E-state index contributed by atoms with van der Waals surface area (Å²) in [7, 11) is 0. The van der Waals surface area contributed by atoms with Crippen LogP contribution < -0.4 is 0 Å². The smallest absolute Gasteiger partial charge is 0.325 e. The van der Waals surface area contributed by atoms with Crippen molar-refractivity contribution in [3.05, 3.63) is 33.8 Å². The lowest BCUT2D eigenvalue weighted by Crippen LogP contribution is -2.34. The molecule has 0 saturated heterocycles. The van der Waals surface area contributed by atoms with Crippen LogP contribution >= 0.6 is 23.2 Å². The predicted molar refractivity (Wildman–Crippen MR) is 69.8 cm³/mol. The van der Waals surface area contributed by atoms with E-state index < -0.39 is 12.0 Å². The highest BCUT2D eigenvalue weighted by Crippen LogP contribution is 2.33. The zero-order chi connectivity index (χ0) is 13.0. The van der Waals surface area contributed by atoms with Crippen LogP contribution in [-0.2, 0) is 4.79 Å². The second-order valence-electron chi connectivity index (χ2n) is 3.60. The van der Waals surface area contributed by atoms with Crippen molar-refractivity contribution in [1.82, 2.24) is 4.90 Å². The highest BCUT2D eigenvalue weighted by atomic mass is 35.5. The van der Waals surface area contributed by atoms with Crippen LogP contribution in [-0.4, -0.2) is 29.1 Å². The highest BCUT2D eigenvalue weighted by molar-refractivity contribution is 6.36. The number of rotatable bonds is 5. The monoisotopic (exact) mass is 275 g/mol. The van der Waals surface area contributed by atoms with E-state index in [1.165, 1.54) is 0 Å². The van der Waals surface area contributed by atoms with Gasteiger partial charge in [-0.2, -0.15) is 0 Å². The molecular weight excluding hydrogens is 261 g/mol. The van der Waals surface area contributed by atoms with Crippen LogP contribution in [0.15, 0.2) is 18.2 Å². The summed E-state index contributed by atoms with van der Waals surface area (Å²) < 4.78 is 0. The van der Waals surface area contributed by atoms with Crippen LogP contribution in [0, 0.1) is 0 Å². The molecule has 17 heavy (non-hydrogen) atoms. The number of carbonyl (C=O) groups is 1. The Kier molecular flexibility index (Phi) is 5.25. The van der Waals surface area contributed by atoms with Crippen LogP contribution in [0.1, 0.15) is 25.5 Å². The first kappa shape index (κ1) is 14.3. The summed E-state index contributed by atoms with van der Waals surface area (Å²) in [5, 5.41) is 10.1. The van der Waals surface area contributed by atoms with E-state index >= 15 is 0 Å². The van der Waals surface area contributed by atoms with Crippen LogP contribution in [0.4, 0.5) is 0 Å². The number of carboxylic acids is 1. The van der Waals surface area contributed by atoms with Gasteiger partial charge in [0.1, 0.15) is 6.04 Å². The van der Waals surface area contributed by atoms with Gasteiger partial charge in [0.2, 0.25) is 0 Å². The Labute approximate surface area is 111 Å². The van der Waals surface area contributed by atoms with Gasteiger partial charge in [-0.1, -0.05) is 43.1 Å². The first-order valence-electron chi connectivity index (χ1n) is 5.43. The maximum absolute atomic E-state index is 11.4. The Balaban J connectivity index is 3.27. The van der Waals surface area contributed by atoms with E-state index in [0.29, 0.717) is 28.7 Å². The molecule has 0 aromatic heterocycles. The van der Waals surface area contributed by atoms with Crippen molar-refractivity contribution in [2.24, 2.45) is 0 Å². The van der Waals surface area contributed by atoms with Crippen LogP contribution in [0.5, 0.6) is 0 Å². The normalized spacial score (nSPS) is 12.8. The van der Waals surface area contributed by atoms with Crippen molar-refractivity contribution in [3.8, 4) is 0 Å². The average Bonchev–Trinajstić information content (AvgIpc) is 2.27. The Morgan fingerprint density at radius 1 is 1.29 bits per heavy atom. The number of halogens is 2. The Morgan fingerprint density at radius 2 is 1.76 bits per heavy atom. The van der Waals surface area contributed by atoms with Crippen molar-refractivity contribution in [2.45, 2.75) is 19.9 Å². The zero-order valence-corrected chi connectivity index (χ0v) is 11.3. The molecule has 5 heteroatoms. The molecule has 0 aliphatic rings. The third-order valence-electron chi connectivity index (χ3n) is 2.68. The molecule has 0 amide bonds. The van der Waals surface area contributed by atoms with E-state index in [0.717, 1.165) is 0 Å². The van der Waals surface area contributed by atoms with Crippen molar-refractivity contribution >= 4 is 29.2 Å². The van der Waals surface area contributed by atoms with Gasteiger partial charge in [0.05, 0.1) is 0 Å². The van der Waals surface area contributed by atoms with Crippen LogP contribution in [0.2, 0.25) is 10.0 Å². The van der Waals surface area contributed by atoms with Gasteiger partial charge < -0.3 is 5.11 Å². The number of likely N-dealkylation sites (N-methyl/N-ethyl adjacent to an activating group) is 1. The third-order valence-corrected chi connectivity index (χ3v) is 3.34. The van der Waals surface area contributed by atoms with Gasteiger partial charge in [0, 0.05) is 15.6 Å². The number of nitrogens with zero attached hydrogens (tertiary/aromatic N) is 1. The van der Waals surface area contributed by atoms with E-state index in [4.69, 9.17) is 23.2 Å². The molecule has 0 heterocycles.